The van der Waals surface area contributed by atoms with Crippen molar-refractivity contribution < 1.29 is 19.0 Å². The first kappa shape index (κ1) is 19.9. The molecule has 0 spiro atoms. The first-order valence-electron chi connectivity index (χ1n) is 11.2. The summed E-state index contributed by atoms with van der Waals surface area (Å²) < 4.78 is 21.2. The molecule has 1 heterocycles. The van der Waals surface area contributed by atoms with Gasteiger partial charge in [0.15, 0.2) is 0 Å². The van der Waals surface area contributed by atoms with Gasteiger partial charge in [-0.3, -0.25) is 9.78 Å². The van der Waals surface area contributed by atoms with Gasteiger partial charge in [-0.15, -0.1) is 0 Å². The summed E-state index contributed by atoms with van der Waals surface area (Å²) in [7, 11) is 0. The maximum atomic E-state index is 15.0. The number of fused-ring (bicyclic) bond motifs is 2. The van der Waals surface area contributed by atoms with Crippen LogP contribution in [0.4, 0.5) is 4.39 Å². The Morgan fingerprint density at radius 2 is 1.85 bits per heavy atom. The molecule has 2 aliphatic rings. The van der Waals surface area contributed by atoms with Gasteiger partial charge < -0.3 is 9.84 Å². The summed E-state index contributed by atoms with van der Waals surface area (Å²) in [5, 5.41) is 10.2. The molecule has 164 valence electrons. The summed E-state index contributed by atoms with van der Waals surface area (Å²) in [4.78, 5) is 15.6. The molecule has 1 N–H and O–H groups in total. The third-order valence-electron chi connectivity index (χ3n) is 6.91. The zero-order valence-corrected chi connectivity index (χ0v) is 17.9. The van der Waals surface area contributed by atoms with Crippen LogP contribution in [0, 0.1) is 11.7 Å². The zero-order valence-electron chi connectivity index (χ0n) is 17.9. The van der Waals surface area contributed by atoms with Crippen molar-refractivity contribution in [1.82, 2.24) is 4.98 Å². The number of pyridine rings is 1. The molecular weight excluding hydrogens is 417 g/mol. The van der Waals surface area contributed by atoms with Gasteiger partial charge in [-0.1, -0.05) is 36.4 Å². The van der Waals surface area contributed by atoms with Gasteiger partial charge in [-0.25, -0.2) is 4.39 Å². The lowest BCUT2D eigenvalue weighted by molar-refractivity contribution is -0.138. The maximum Gasteiger partial charge on any atom is 0.307 e. The molecule has 1 saturated carbocycles. The van der Waals surface area contributed by atoms with Crippen molar-refractivity contribution in [3.05, 3.63) is 95.4 Å². The van der Waals surface area contributed by atoms with E-state index in [1.165, 1.54) is 6.07 Å². The Kier molecular flexibility index (Phi) is 4.64. The Bertz CT molecular complexity index is 1380. The molecular formula is C28H22FNO3. The molecule has 0 aliphatic heterocycles. The van der Waals surface area contributed by atoms with E-state index in [-0.39, 0.29) is 23.8 Å². The molecule has 1 fully saturated rings. The Morgan fingerprint density at radius 3 is 2.64 bits per heavy atom. The lowest BCUT2D eigenvalue weighted by atomic mass is 9.93. The van der Waals surface area contributed by atoms with E-state index < -0.39 is 5.97 Å². The summed E-state index contributed by atoms with van der Waals surface area (Å²) in [6.07, 6.45) is 3.55. The van der Waals surface area contributed by atoms with Crippen LogP contribution in [0.3, 0.4) is 0 Å². The van der Waals surface area contributed by atoms with Crippen LogP contribution >= 0.6 is 0 Å². The van der Waals surface area contributed by atoms with Gasteiger partial charge >= 0.3 is 5.97 Å². The largest absolute Gasteiger partial charge is 0.486 e. The lowest BCUT2D eigenvalue weighted by Gasteiger charge is -2.17. The quantitative estimate of drug-likeness (QED) is 0.397. The standard InChI is InChI=1S/C28H22FNO3/c29-24-12-10-19(18-3-1-5-25-20(18)4-2-14-30-25)21-11-13-26(27(21)24)33-17-8-6-16(7-9-17)22-15-23(22)28(31)32/h1-10,12,14,22-23,26H,11,13,15H2,(H,31,32)/t22-,23+,26-/m1/s1. The highest BCUT2D eigenvalue weighted by Gasteiger charge is 2.44. The maximum absolute atomic E-state index is 15.0. The van der Waals surface area contributed by atoms with E-state index >= 15 is 4.39 Å². The number of aliphatic carboxylic acids is 1. The summed E-state index contributed by atoms with van der Waals surface area (Å²) in [6, 6.07) is 21.0. The minimum absolute atomic E-state index is 0.0824. The van der Waals surface area contributed by atoms with E-state index in [1.807, 2.05) is 54.6 Å². The summed E-state index contributed by atoms with van der Waals surface area (Å²) in [6.45, 7) is 0. The molecule has 0 unspecified atom stereocenters. The van der Waals surface area contributed by atoms with Crippen molar-refractivity contribution in [2.24, 2.45) is 5.92 Å². The summed E-state index contributed by atoms with van der Waals surface area (Å²) >= 11 is 0. The van der Waals surface area contributed by atoms with Gasteiger partial charge in [-0.05, 0) is 77.8 Å². The molecule has 6 rings (SSSR count). The molecule has 0 amide bonds. The molecule has 3 atom stereocenters. The minimum atomic E-state index is -0.740. The van der Waals surface area contributed by atoms with Crippen molar-refractivity contribution in [3.8, 4) is 16.9 Å². The minimum Gasteiger partial charge on any atom is -0.486 e. The molecule has 0 radical (unpaired) electrons. The van der Waals surface area contributed by atoms with Crippen LogP contribution < -0.4 is 4.74 Å². The number of carbonyl (C=O) groups is 1. The van der Waals surface area contributed by atoms with E-state index in [0.29, 0.717) is 24.2 Å². The smallest absolute Gasteiger partial charge is 0.307 e. The van der Waals surface area contributed by atoms with Gasteiger partial charge in [0.05, 0.1) is 11.4 Å². The van der Waals surface area contributed by atoms with E-state index in [4.69, 9.17) is 9.84 Å². The Labute approximate surface area is 190 Å². The fourth-order valence-corrected chi connectivity index (χ4v) is 5.18. The zero-order chi connectivity index (χ0) is 22.5. The molecule has 3 aromatic carbocycles. The van der Waals surface area contributed by atoms with Crippen LogP contribution in [0.1, 0.15) is 41.6 Å². The van der Waals surface area contributed by atoms with E-state index in [9.17, 15) is 4.79 Å². The number of ether oxygens (including phenoxy) is 1. The average Bonchev–Trinajstić information content (AvgIpc) is 3.54. The molecule has 4 aromatic rings. The number of hydrogen-bond acceptors (Lipinski definition) is 3. The lowest BCUT2D eigenvalue weighted by Crippen LogP contribution is -2.06. The third-order valence-corrected chi connectivity index (χ3v) is 6.91. The van der Waals surface area contributed by atoms with Gasteiger partial charge in [0.1, 0.15) is 17.7 Å². The average molecular weight is 439 g/mol. The van der Waals surface area contributed by atoms with Crippen LogP contribution in [0.5, 0.6) is 5.75 Å². The first-order valence-corrected chi connectivity index (χ1v) is 11.2. The number of carboxylic acid groups (broad SMARTS) is 1. The fraction of sp³-hybridized carbons (Fsp3) is 0.214. The van der Waals surface area contributed by atoms with Gasteiger partial charge in [-0.2, -0.15) is 0 Å². The Morgan fingerprint density at radius 1 is 1.00 bits per heavy atom. The summed E-state index contributed by atoms with van der Waals surface area (Å²) in [5.74, 6) is -0.512. The first-order chi connectivity index (χ1) is 16.1. The summed E-state index contributed by atoms with van der Waals surface area (Å²) in [5.41, 5.74) is 5.64. The molecule has 1 aromatic heterocycles. The van der Waals surface area contributed by atoms with Gasteiger partial charge in [0.25, 0.3) is 0 Å². The van der Waals surface area contributed by atoms with E-state index in [2.05, 4.69) is 11.1 Å². The SMILES string of the molecule is O=C(O)[C@H]1C[C@@H]1c1ccc(O[C@@H]2CCc3c(-c4cccc5ncccc45)ccc(F)c32)cc1. The Hall–Kier alpha value is -3.73. The van der Waals surface area contributed by atoms with Crippen LogP contribution in [0.2, 0.25) is 0 Å². The van der Waals surface area contributed by atoms with Crippen molar-refractivity contribution in [2.75, 3.05) is 0 Å². The van der Waals surface area contributed by atoms with Crippen LogP contribution in [0.15, 0.2) is 72.9 Å². The number of carboxylic acids is 1. The van der Waals surface area contributed by atoms with Crippen molar-refractivity contribution in [1.29, 1.82) is 0 Å². The predicted octanol–water partition coefficient (Wildman–Crippen LogP) is 6.30. The Balaban J connectivity index is 1.30. The molecule has 0 saturated heterocycles. The van der Waals surface area contributed by atoms with E-state index in [1.54, 1.807) is 6.20 Å². The molecule has 4 nitrogen and oxygen atoms in total. The fourth-order valence-electron chi connectivity index (χ4n) is 5.18. The molecule has 2 aliphatic carbocycles. The second kappa shape index (κ2) is 7.69. The second-order valence-corrected chi connectivity index (χ2v) is 8.86. The highest BCUT2D eigenvalue weighted by molar-refractivity contribution is 5.95. The highest BCUT2D eigenvalue weighted by Crippen LogP contribution is 2.48. The second-order valence-electron chi connectivity index (χ2n) is 8.86. The van der Waals surface area contributed by atoms with Crippen molar-refractivity contribution in [3.63, 3.8) is 0 Å². The number of halogens is 1. The van der Waals surface area contributed by atoms with Crippen LogP contribution in [-0.4, -0.2) is 16.1 Å². The number of nitrogens with zero attached hydrogens (tertiary/aromatic N) is 1. The molecule has 0 bridgehead atoms. The van der Waals surface area contributed by atoms with Crippen LogP contribution in [-0.2, 0) is 11.2 Å². The number of hydrogen-bond donors (Lipinski definition) is 1. The van der Waals surface area contributed by atoms with Crippen molar-refractivity contribution in [2.45, 2.75) is 31.3 Å². The van der Waals surface area contributed by atoms with Crippen LogP contribution in [0.25, 0.3) is 22.0 Å². The molecule has 5 heteroatoms. The monoisotopic (exact) mass is 439 g/mol. The van der Waals surface area contributed by atoms with Crippen molar-refractivity contribution >= 4 is 16.9 Å². The highest BCUT2D eigenvalue weighted by atomic mass is 19.1. The molecule has 33 heavy (non-hydrogen) atoms. The number of aromatic nitrogens is 1. The number of benzene rings is 3. The predicted molar refractivity (Wildman–Crippen MR) is 124 cm³/mol. The topological polar surface area (TPSA) is 59.4 Å². The van der Waals surface area contributed by atoms with Gasteiger partial charge in [0.2, 0.25) is 0 Å². The van der Waals surface area contributed by atoms with E-state index in [0.717, 1.165) is 39.6 Å². The number of rotatable bonds is 5. The third kappa shape index (κ3) is 3.44. The normalized spacial score (nSPS) is 21.1. The van der Waals surface area contributed by atoms with Gasteiger partial charge in [0, 0.05) is 17.1 Å².